The predicted octanol–water partition coefficient (Wildman–Crippen LogP) is 1.63. The Morgan fingerprint density at radius 1 is 1.57 bits per heavy atom. The van der Waals surface area contributed by atoms with Crippen LogP contribution in [-0.4, -0.2) is 13.0 Å². The van der Waals surface area contributed by atoms with Crippen molar-refractivity contribution >= 4 is 5.91 Å². The minimum Gasteiger partial charge on any atom is -0.377 e. The van der Waals surface area contributed by atoms with Crippen molar-refractivity contribution < 1.29 is 13.9 Å². The summed E-state index contributed by atoms with van der Waals surface area (Å²) in [7, 11) is 1.47. The van der Waals surface area contributed by atoms with E-state index < -0.39 is 17.8 Å². The van der Waals surface area contributed by atoms with Crippen LogP contribution in [0.25, 0.3) is 0 Å². The van der Waals surface area contributed by atoms with Crippen molar-refractivity contribution in [1.29, 1.82) is 0 Å². The topological polar surface area (TPSA) is 52.3 Å². The number of methoxy groups -OCH3 is 1. The molecule has 3 nitrogen and oxygen atoms in total. The van der Waals surface area contributed by atoms with Gasteiger partial charge in [-0.1, -0.05) is 12.1 Å². The lowest BCUT2D eigenvalue weighted by atomic mass is 10.1. The second-order valence-corrected chi connectivity index (χ2v) is 2.95. The molecule has 0 radical (unpaired) electrons. The van der Waals surface area contributed by atoms with Crippen LogP contribution >= 0.6 is 0 Å². The van der Waals surface area contributed by atoms with Crippen molar-refractivity contribution in [2.24, 2.45) is 5.73 Å². The molecule has 0 spiro atoms. The third kappa shape index (κ3) is 1.90. The molecule has 0 aromatic heterocycles. The van der Waals surface area contributed by atoms with E-state index in [1.807, 2.05) is 0 Å². The average molecular weight is 197 g/mol. The lowest BCUT2D eigenvalue weighted by Gasteiger charge is -2.11. The normalized spacial score (nSPS) is 12.5. The number of hydrogen-bond acceptors (Lipinski definition) is 2. The Morgan fingerprint density at radius 3 is 2.71 bits per heavy atom. The zero-order valence-corrected chi connectivity index (χ0v) is 8.08. The molecule has 0 aliphatic heterocycles. The average Bonchev–Trinajstić information content (AvgIpc) is 2.16. The number of carbonyl (C=O) groups excluding carboxylic acids is 1. The summed E-state index contributed by atoms with van der Waals surface area (Å²) < 4.78 is 18.5. The number of amides is 1. The fourth-order valence-electron chi connectivity index (χ4n) is 1.18. The van der Waals surface area contributed by atoms with Crippen LogP contribution in [-0.2, 0) is 4.74 Å². The van der Waals surface area contributed by atoms with Crippen molar-refractivity contribution in [2.45, 2.75) is 13.0 Å². The molecule has 0 aliphatic rings. The van der Waals surface area contributed by atoms with Gasteiger partial charge in [-0.3, -0.25) is 4.79 Å². The molecule has 1 atom stereocenters. The highest BCUT2D eigenvalue weighted by molar-refractivity contribution is 5.93. The molecule has 1 aromatic rings. The summed E-state index contributed by atoms with van der Waals surface area (Å²) in [5.74, 6) is -1.37. The molecule has 0 aliphatic carbocycles. The molecule has 0 saturated carbocycles. The molecule has 1 unspecified atom stereocenters. The van der Waals surface area contributed by atoms with Crippen LogP contribution in [0.5, 0.6) is 0 Å². The van der Waals surface area contributed by atoms with E-state index in [0.717, 1.165) is 0 Å². The smallest absolute Gasteiger partial charge is 0.251 e. The predicted molar refractivity (Wildman–Crippen MR) is 50.3 cm³/mol. The van der Waals surface area contributed by atoms with Crippen molar-refractivity contribution in [2.75, 3.05) is 7.11 Å². The van der Waals surface area contributed by atoms with Crippen LogP contribution in [0.1, 0.15) is 28.9 Å². The number of primary amides is 1. The second kappa shape index (κ2) is 4.19. The summed E-state index contributed by atoms with van der Waals surface area (Å²) in [6, 6.07) is 4.49. The van der Waals surface area contributed by atoms with Crippen LogP contribution in [0, 0.1) is 5.82 Å². The number of benzene rings is 1. The quantitative estimate of drug-likeness (QED) is 0.800. The van der Waals surface area contributed by atoms with E-state index in [4.69, 9.17) is 10.5 Å². The molecule has 1 rings (SSSR count). The highest BCUT2D eigenvalue weighted by atomic mass is 19.1. The molecule has 0 bridgehead atoms. The summed E-state index contributed by atoms with van der Waals surface area (Å²) in [6.07, 6.45) is -0.394. The summed E-state index contributed by atoms with van der Waals surface area (Å²) in [6.45, 7) is 1.70. The van der Waals surface area contributed by atoms with E-state index in [2.05, 4.69) is 0 Å². The Balaban J connectivity index is 3.20. The molecule has 76 valence electrons. The highest BCUT2D eigenvalue weighted by Crippen LogP contribution is 2.21. The van der Waals surface area contributed by atoms with Gasteiger partial charge in [0.25, 0.3) is 5.91 Å². The number of halogens is 1. The summed E-state index contributed by atoms with van der Waals surface area (Å²) in [5, 5.41) is 0. The van der Waals surface area contributed by atoms with Gasteiger partial charge in [-0.2, -0.15) is 0 Å². The fraction of sp³-hybridized carbons (Fsp3) is 0.300. The van der Waals surface area contributed by atoms with Crippen LogP contribution in [0.4, 0.5) is 4.39 Å². The lowest BCUT2D eigenvalue weighted by Crippen LogP contribution is -2.15. The summed E-state index contributed by atoms with van der Waals surface area (Å²) in [4.78, 5) is 10.8. The minimum absolute atomic E-state index is 0.105. The molecule has 0 saturated heterocycles. The van der Waals surface area contributed by atoms with Gasteiger partial charge in [-0.25, -0.2) is 4.39 Å². The van der Waals surface area contributed by atoms with E-state index in [1.165, 1.54) is 13.2 Å². The van der Waals surface area contributed by atoms with Crippen molar-refractivity contribution in [3.63, 3.8) is 0 Å². The van der Waals surface area contributed by atoms with Gasteiger partial charge in [0.2, 0.25) is 0 Å². The van der Waals surface area contributed by atoms with Gasteiger partial charge >= 0.3 is 0 Å². The third-order valence-electron chi connectivity index (χ3n) is 2.09. The molecule has 0 heterocycles. The van der Waals surface area contributed by atoms with Gasteiger partial charge < -0.3 is 10.5 Å². The van der Waals surface area contributed by atoms with E-state index in [0.29, 0.717) is 5.56 Å². The van der Waals surface area contributed by atoms with E-state index in [-0.39, 0.29) is 5.56 Å². The van der Waals surface area contributed by atoms with E-state index in [1.54, 1.807) is 19.1 Å². The molecule has 14 heavy (non-hydrogen) atoms. The van der Waals surface area contributed by atoms with Crippen LogP contribution in [0.2, 0.25) is 0 Å². The van der Waals surface area contributed by atoms with Gasteiger partial charge in [0.15, 0.2) is 0 Å². The van der Waals surface area contributed by atoms with Crippen LogP contribution in [0.15, 0.2) is 18.2 Å². The van der Waals surface area contributed by atoms with Crippen LogP contribution in [0.3, 0.4) is 0 Å². The van der Waals surface area contributed by atoms with Crippen LogP contribution < -0.4 is 5.73 Å². The number of ether oxygens (including phenoxy) is 1. The van der Waals surface area contributed by atoms with Crippen molar-refractivity contribution in [1.82, 2.24) is 0 Å². The van der Waals surface area contributed by atoms with Gasteiger partial charge in [0.05, 0.1) is 11.7 Å². The number of nitrogens with two attached hydrogens (primary N) is 1. The second-order valence-electron chi connectivity index (χ2n) is 2.95. The Morgan fingerprint density at radius 2 is 2.21 bits per heavy atom. The van der Waals surface area contributed by atoms with Gasteiger partial charge in [-0.15, -0.1) is 0 Å². The highest BCUT2D eigenvalue weighted by Gasteiger charge is 2.15. The third-order valence-corrected chi connectivity index (χ3v) is 2.09. The first-order chi connectivity index (χ1) is 6.57. The number of rotatable bonds is 3. The molecule has 2 N–H and O–H groups in total. The first kappa shape index (κ1) is 10.7. The monoisotopic (exact) mass is 197 g/mol. The molecule has 1 aromatic carbocycles. The van der Waals surface area contributed by atoms with Gasteiger partial charge in [0, 0.05) is 12.7 Å². The maximum atomic E-state index is 13.6. The molecular formula is C10H12FNO2. The zero-order chi connectivity index (χ0) is 10.7. The number of hydrogen-bond donors (Lipinski definition) is 1. The maximum Gasteiger partial charge on any atom is 0.251 e. The Labute approximate surface area is 81.7 Å². The standard InChI is InChI=1S/C10H12FNO2/c1-6(14-2)7-4-3-5-8(9(7)11)10(12)13/h3-6H,1-2H3,(H2,12,13). The molecule has 1 amide bonds. The van der Waals surface area contributed by atoms with Crippen molar-refractivity contribution in [3.05, 3.63) is 35.1 Å². The summed E-state index contributed by atoms with van der Waals surface area (Å²) in [5.41, 5.74) is 5.24. The number of carbonyl (C=O) groups is 1. The molecule has 4 heteroatoms. The molecular weight excluding hydrogens is 185 g/mol. The fourth-order valence-corrected chi connectivity index (χ4v) is 1.18. The lowest BCUT2D eigenvalue weighted by molar-refractivity contribution is 0.0992. The minimum atomic E-state index is -0.771. The maximum absolute atomic E-state index is 13.6. The van der Waals surface area contributed by atoms with Gasteiger partial charge in [-0.05, 0) is 13.0 Å². The largest absolute Gasteiger partial charge is 0.377 e. The first-order valence-electron chi connectivity index (χ1n) is 4.19. The first-order valence-corrected chi connectivity index (χ1v) is 4.19. The Bertz CT molecular complexity index is 352. The van der Waals surface area contributed by atoms with Gasteiger partial charge in [0.1, 0.15) is 5.82 Å². The van der Waals surface area contributed by atoms with E-state index >= 15 is 0 Å². The SMILES string of the molecule is COC(C)c1cccc(C(N)=O)c1F. The zero-order valence-electron chi connectivity index (χ0n) is 8.08. The Hall–Kier alpha value is -1.42. The van der Waals surface area contributed by atoms with Crippen molar-refractivity contribution in [3.8, 4) is 0 Å². The Kier molecular flexibility index (Phi) is 3.19. The summed E-state index contributed by atoms with van der Waals surface area (Å²) >= 11 is 0. The van der Waals surface area contributed by atoms with E-state index in [9.17, 15) is 9.18 Å². The molecule has 0 fully saturated rings.